The molecule has 9 heteroatoms. The summed E-state index contributed by atoms with van der Waals surface area (Å²) in [5, 5.41) is 6.98. The van der Waals surface area contributed by atoms with E-state index in [-0.39, 0.29) is 29.6 Å². The van der Waals surface area contributed by atoms with Crippen molar-refractivity contribution in [3.63, 3.8) is 0 Å². The Bertz CT molecular complexity index is 1160. The van der Waals surface area contributed by atoms with Crippen LogP contribution in [-0.2, 0) is 4.79 Å². The summed E-state index contributed by atoms with van der Waals surface area (Å²) in [4.78, 5) is 31.6. The number of methoxy groups -OCH3 is 1. The van der Waals surface area contributed by atoms with Crippen molar-refractivity contribution >= 4 is 17.6 Å². The van der Waals surface area contributed by atoms with Gasteiger partial charge in [-0.25, -0.2) is 14.1 Å². The van der Waals surface area contributed by atoms with Crippen LogP contribution in [0.25, 0.3) is 11.4 Å². The highest BCUT2D eigenvalue weighted by atomic mass is 19.1. The molecule has 2 fully saturated rings. The SMILES string of the molecule is COc1cccc(N2C(=O)NC3CC(c4nc(-c5ccc(F)cc5)no4)CCC3C2=O)c1. The predicted molar refractivity (Wildman–Crippen MR) is 113 cm³/mol. The third-order valence-corrected chi connectivity index (χ3v) is 6.10. The molecular weight excluding hydrogens is 415 g/mol. The molecule has 1 aliphatic carbocycles. The number of benzene rings is 2. The molecule has 2 heterocycles. The Morgan fingerprint density at radius 1 is 1.16 bits per heavy atom. The first-order chi connectivity index (χ1) is 15.5. The van der Waals surface area contributed by atoms with Crippen molar-refractivity contribution in [2.24, 2.45) is 5.92 Å². The van der Waals surface area contributed by atoms with E-state index < -0.39 is 6.03 Å². The molecule has 0 radical (unpaired) electrons. The van der Waals surface area contributed by atoms with Crippen molar-refractivity contribution in [2.75, 3.05) is 12.0 Å². The van der Waals surface area contributed by atoms with E-state index in [1.54, 1.807) is 36.4 Å². The van der Waals surface area contributed by atoms with Gasteiger partial charge in [-0.1, -0.05) is 11.2 Å². The Morgan fingerprint density at radius 3 is 2.75 bits per heavy atom. The van der Waals surface area contributed by atoms with Crippen LogP contribution in [0.2, 0.25) is 0 Å². The molecule has 1 aromatic heterocycles. The van der Waals surface area contributed by atoms with E-state index in [0.717, 1.165) is 0 Å². The van der Waals surface area contributed by atoms with Gasteiger partial charge in [-0.2, -0.15) is 4.98 Å². The van der Waals surface area contributed by atoms with Crippen molar-refractivity contribution in [3.8, 4) is 17.1 Å². The first kappa shape index (κ1) is 20.2. The van der Waals surface area contributed by atoms with E-state index in [2.05, 4.69) is 15.5 Å². The average Bonchev–Trinajstić information content (AvgIpc) is 3.30. The van der Waals surface area contributed by atoms with Gasteiger partial charge in [0, 0.05) is 23.6 Å². The predicted octanol–water partition coefficient (Wildman–Crippen LogP) is 3.89. The van der Waals surface area contributed by atoms with Crippen LogP contribution in [0.5, 0.6) is 5.75 Å². The fourth-order valence-electron chi connectivity index (χ4n) is 4.45. The van der Waals surface area contributed by atoms with Crippen LogP contribution < -0.4 is 15.0 Å². The number of halogens is 1. The summed E-state index contributed by atoms with van der Waals surface area (Å²) in [5.74, 6) is 0.459. The molecule has 1 N–H and O–H groups in total. The van der Waals surface area contributed by atoms with Gasteiger partial charge in [-0.3, -0.25) is 4.79 Å². The topological polar surface area (TPSA) is 97.6 Å². The zero-order chi connectivity index (χ0) is 22.2. The molecule has 32 heavy (non-hydrogen) atoms. The van der Waals surface area contributed by atoms with Crippen molar-refractivity contribution in [3.05, 3.63) is 60.2 Å². The Labute approximate surface area is 183 Å². The first-order valence-corrected chi connectivity index (χ1v) is 10.4. The van der Waals surface area contributed by atoms with Crippen molar-refractivity contribution in [2.45, 2.75) is 31.2 Å². The first-order valence-electron chi connectivity index (χ1n) is 10.4. The monoisotopic (exact) mass is 436 g/mol. The number of imide groups is 1. The number of nitrogens with zero attached hydrogens (tertiary/aromatic N) is 3. The van der Waals surface area contributed by atoms with Crippen molar-refractivity contribution in [1.82, 2.24) is 15.5 Å². The van der Waals surface area contributed by atoms with Gasteiger partial charge in [0.1, 0.15) is 11.6 Å². The smallest absolute Gasteiger partial charge is 0.328 e. The quantitative estimate of drug-likeness (QED) is 0.666. The number of amides is 3. The fourth-order valence-corrected chi connectivity index (χ4v) is 4.45. The van der Waals surface area contributed by atoms with Gasteiger partial charge < -0.3 is 14.6 Å². The van der Waals surface area contributed by atoms with Gasteiger partial charge in [0.25, 0.3) is 0 Å². The minimum absolute atomic E-state index is 0.0746. The van der Waals surface area contributed by atoms with E-state index in [1.165, 1.54) is 24.1 Å². The molecule has 0 bridgehead atoms. The van der Waals surface area contributed by atoms with Gasteiger partial charge in [-0.05, 0) is 55.7 Å². The molecule has 1 saturated heterocycles. The summed E-state index contributed by atoms with van der Waals surface area (Å²) < 4.78 is 23.8. The number of urea groups is 1. The molecule has 0 spiro atoms. The van der Waals surface area contributed by atoms with Gasteiger partial charge in [0.05, 0.1) is 18.7 Å². The Kier molecular flexibility index (Phi) is 5.08. The van der Waals surface area contributed by atoms with Crippen LogP contribution in [0, 0.1) is 11.7 Å². The van der Waals surface area contributed by atoms with E-state index in [0.29, 0.717) is 48.0 Å². The van der Waals surface area contributed by atoms with Gasteiger partial charge in [-0.15, -0.1) is 0 Å². The molecule has 2 aromatic carbocycles. The number of fused-ring (bicyclic) bond motifs is 1. The Morgan fingerprint density at radius 2 is 1.97 bits per heavy atom. The number of hydrogen-bond donors (Lipinski definition) is 1. The summed E-state index contributed by atoms with van der Waals surface area (Å²) in [5.41, 5.74) is 1.14. The molecule has 3 amide bonds. The molecule has 8 nitrogen and oxygen atoms in total. The lowest BCUT2D eigenvalue weighted by Gasteiger charge is -2.41. The number of hydrogen-bond acceptors (Lipinski definition) is 6. The summed E-state index contributed by atoms with van der Waals surface area (Å²) in [6, 6.07) is 12.0. The van der Waals surface area contributed by atoms with Gasteiger partial charge in [0.2, 0.25) is 17.6 Å². The number of ether oxygens (including phenoxy) is 1. The molecule has 5 rings (SSSR count). The minimum Gasteiger partial charge on any atom is -0.497 e. The number of nitrogens with one attached hydrogen (secondary N) is 1. The second kappa shape index (κ2) is 8.07. The Hall–Kier alpha value is -3.75. The van der Waals surface area contributed by atoms with Crippen LogP contribution in [0.1, 0.15) is 31.1 Å². The maximum Gasteiger partial charge on any atom is 0.328 e. The van der Waals surface area contributed by atoms with Crippen molar-refractivity contribution < 1.29 is 23.2 Å². The second-order valence-electron chi connectivity index (χ2n) is 8.01. The van der Waals surface area contributed by atoms with Crippen LogP contribution >= 0.6 is 0 Å². The highest BCUT2D eigenvalue weighted by Gasteiger charge is 2.46. The van der Waals surface area contributed by atoms with E-state index in [4.69, 9.17) is 9.26 Å². The molecule has 164 valence electrons. The van der Waals surface area contributed by atoms with Crippen LogP contribution in [-0.4, -0.2) is 35.2 Å². The summed E-state index contributed by atoms with van der Waals surface area (Å²) in [6.45, 7) is 0. The number of anilines is 1. The molecule has 3 atom stereocenters. The molecule has 3 unspecified atom stereocenters. The summed E-state index contributed by atoms with van der Waals surface area (Å²) >= 11 is 0. The van der Waals surface area contributed by atoms with Crippen LogP contribution in [0.15, 0.2) is 53.1 Å². The summed E-state index contributed by atoms with van der Waals surface area (Å²) in [7, 11) is 1.54. The largest absolute Gasteiger partial charge is 0.497 e. The van der Waals surface area contributed by atoms with E-state index in [1.807, 2.05) is 0 Å². The lowest BCUT2D eigenvalue weighted by molar-refractivity contribution is -0.124. The molecule has 1 saturated carbocycles. The zero-order valence-corrected chi connectivity index (χ0v) is 17.3. The summed E-state index contributed by atoms with van der Waals surface area (Å²) in [6.07, 6.45) is 1.79. The van der Waals surface area contributed by atoms with E-state index >= 15 is 0 Å². The molecule has 2 aliphatic rings. The lowest BCUT2D eigenvalue weighted by atomic mass is 9.76. The lowest BCUT2D eigenvalue weighted by Crippen LogP contribution is -2.61. The molecule has 1 aliphatic heterocycles. The van der Waals surface area contributed by atoms with Crippen LogP contribution in [0.3, 0.4) is 0 Å². The molecular formula is C23H21FN4O4. The third-order valence-electron chi connectivity index (χ3n) is 6.10. The van der Waals surface area contributed by atoms with Crippen molar-refractivity contribution in [1.29, 1.82) is 0 Å². The highest BCUT2D eigenvalue weighted by molar-refractivity contribution is 6.17. The highest BCUT2D eigenvalue weighted by Crippen LogP contribution is 2.39. The molecule has 3 aromatic rings. The number of carbonyl (C=O) groups excluding carboxylic acids is 2. The zero-order valence-electron chi connectivity index (χ0n) is 17.3. The fraction of sp³-hybridized carbons (Fsp3) is 0.304. The third kappa shape index (κ3) is 3.59. The van der Waals surface area contributed by atoms with Crippen LogP contribution in [0.4, 0.5) is 14.9 Å². The Balaban J connectivity index is 1.32. The number of carbonyl (C=O) groups is 2. The standard InChI is InChI=1S/C23H21FN4O4/c1-31-17-4-2-3-16(12-17)28-22(29)18-10-7-14(11-19(18)25-23(28)30)21-26-20(27-32-21)13-5-8-15(24)9-6-13/h2-6,8-9,12,14,18-19H,7,10-11H2,1H3,(H,25,30). The normalized spacial score (nSPS) is 22.9. The number of rotatable bonds is 4. The number of aromatic nitrogens is 2. The van der Waals surface area contributed by atoms with E-state index in [9.17, 15) is 14.0 Å². The maximum absolute atomic E-state index is 13.2. The van der Waals surface area contributed by atoms with Gasteiger partial charge in [0.15, 0.2) is 0 Å². The average molecular weight is 436 g/mol. The van der Waals surface area contributed by atoms with Gasteiger partial charge >= 0.3 is 6.03 Å². The minimum atomic E-state index is -0.456. The second-order valence-corrected chi connectivity index (χ2v) is 8.01. The maximum atomic E-state index is 13.2.